The molecule has 0 bridgehead atoms. The Kier molecular flexibility index (Phi) is 5.51. The van der Waals surface area contributed by atoms with E-state index in [1.54, 1.807) is 0 Å². The number of rotatable bonds is 7. The van der Waals surface area contributed by atoms with Gasteiger partial charge in [0.1, 0.15) is 5.82 Å². The van der Waals surface area contributed by atoms with E-state index in [1.165, 1.54) is 12.8 Å². The van der Waals surface area contributed by atoms with E-state index in [0.29, 0.717) is 6.54 Å². The average molecular weight is 328 g/mol. The number of para-hydroxylation sites is 2. The molecule has 0 spiro atoms. The highest BCUT2D eigenvalue weighted by molar-refractivity contribution is 5.81. The Morgan fingerprint density at radius 2 is 2.04 bits per heavy atom. The highest BCUT2D eigenvalue weighted by Gasteiger charge is 2.26. The predicted octanol–water partition coefficient (Wildman–Crippen LogP) is 2.50. The number of fused-ring (bicyclic) bond motifs is 1. The van der Waals surface area contributed by atoms with E-state index >= 15 is 0 Å². The number of carbonyl (C=O) groups is 1. The third-order valence-corrected chi connectivity index (χ3v) is 5.03. The molecule has 1 aliphatic rings. The van der Waals surface area contributed by atoms with Crippen molar-refractivity contribution in [2.75, 3.05) is 19.6 Å². The van der Waals surface area contributed by atoms with Crippen molar-refractivity contribution in [3.63, 3.8) is 0 Å². The van der Waals surface area contributed by atoms with E-state index < -0.39 is 0 Å². The van der Waals surface area contributed by atoms with E-state index in [0.717, 1.165) is 49.2 Å². The molecular weight excluding hydrogens is 300 g/mol. The minimum Gasteiger partial charge on any atom is -0.355 e. The van der Waals surface area contributed by atoms with Crippen LogP contribution in [0.5, 0.6) is 0 Å². The number of imidazole rings is 1. The van der Waals surface area contributed by atoms with Crippen LogP contribution in [0.15, 0.2) is 24.3 Å². The fraction of sp³-hybridized carbons (Fsp3) is 0.579. The SMILES string of the molecule is CC[C@@H](C(=O)NCCCc1nc2ccccc2n1C)N1CCCC1. The number of nitrogens with zero attached hydrogens (tertiary/aromatic N) is 3. The largest absolute Gasteiger partial charge is 0.355 e. The molecule has 1 aromatic heterocycles. The van der Waals surface area contributed by atoms with Crippen LogP contribution in [-0.4, -0.2) is 46.0 Å². The van der Waals surface area contributed by atoms with Gasteiger partial charge in [-0.15, -0.1) is 0 Å². The Bertz CT molecular complexity index is 688. The average Bonchev–Trinajstić information content (AvgIpc) is 3.22. The Hall–Kier alpha value is -1.88. The van der Waals surface area contributed by atoms with E-state index in [-0.39, 0.29) is 11.9 Å². The summed E-state index contributed by atoms with van der Waals surface area (Å²) in [6, 6.07) is 8.24. The minimum atomic E-state index is 0.0447. The Morgan fingerprint density at radius 1 is 1.29 bits per heavy atom. The lowest BCUT2D eigenvalue weighted by molar-refractivity contribution is -0.126. The number of nitrogens with one attached hydrogen (secondary N) is 1. The van der Waals surface area contributed by atoms with Gasteiger partial charge in [0.15, 0.2) is 0 Å². The highest BCUT2D eigenvalue weighted by atomic mass is 16.2. The zero-order valence-electron chi connectivity index (χ0n) is 14.8. The first-order chi connectivity index (χ1) is 11.7. The fourth-order valence-electron chi connectivity index (χ4n) is 3.66. The summed E-state index contributed by atoms with van der Waals surface area (Å²) in [5.41, 5.74) is 2.20. The highest BCUT2D eigenvalue weighted by Crippen LogP contribution is 2.16. The van der Waals surface area contributed by atoms with Gasteiger partial charge in [-0.1, -0.05) is 19.1 Å². The summed E-state index contributed by atoms with van der Waals surface area (Å²) in [4.78, 5) is 19.4. The number of carbonyl (C=O) groups excluding carboxylic acids is 1. The van der Waals surface area contributed by atoms with Crippen LogP contribution >= 0.6 is 0 Å². The first-order valence-corrected chi connectivity index (χ1v) is 9.12. The molecule has 3 rings (SSSR count). The van der Waals surface area contributed by atoms with Gasteiger partial charge < -0.3 is 9.88 Å². The molecule has 24 heavy (non-hydrogen) atoms. The lowest BCUT2D eigenvalue weighted by atomic mass is 10.2. The monoisotopic (exact) mass is 328 g/mol. The Balaban J connectivity index is 1.49. The standard InChI is InChI=1S/C19H28N4O/c1-3-16(23-13-6-7-14-23)19(24)20-12-8-11-18-21-15-9-4-5-10-17(15)22(18)2/h4-5,9-10,16H,3,6-8,11-14H2,1-2H3,(H,20,24)/t16-/m0/s1. The van der Waals surface area contributed by atoms with Gasteiger partial charge in [-0.2, -0.15) is 0 Å². The van der Waals surface area contributed by atoms with Crippen LogP contribution in [0.4, 0.5) is 0 Å². The van der Waals surface area contributed by atoms with Crippen LogP contribution in [0.1, 0.15) is 38.4 Å². The topological polar surface area (TPSA) is 50.2 Å². The molecule has 1 fully saturated rings. The minimum absolute atomic E-state index is 0.0447. The molecule has 1 atom stereocenters. The summed E-state index contributed by atoms with van der Waals surface area (Å²) in [6.07, 6.45) is 5.12. The molecule has 2 aromatic rings. The van der Waals surface area contributed by atoms with E-state index in [9.17, 15) is 4.79 Å². The van der Waals surface area contributed by atoms with Crippen LogP contribution < -0.4 is 5.32 Å². The molecular formula is C19H28N4O. The molecule has 1 aromatic carbocycles. The van der Waals surface area contributed by atoms with Gasteiger partial charge in [0.05, 0.1) is 17.1 Å². The summed E-state index contributed by atoms with van der Waals surface area (Å²) in [7, 11) is 2.06. The second-order valence-corrected chi connectivity index (χ2v) is 6.64. The summed E-state index contributed by atoms with van der Waals surface area (Å²) in [6.45, 7) is 4.94. The number of aryl methyl sites for hydroxylation is 2. The molecule has 1 amide bonds. The van der Waals surface area contributed by atoms with Gasteiger partial charge >= 0.3 is 0 Å². The molecule has 130 valence electrons. The van der Waals surface area contributed by atoms with Crippen molar-refractivity contribution in [3.05, 3.63) is 30.1 Å². The fourth-order valence-corrected chi connectivity index (χ4v) is 3.66. The van der Waals surface area contributed by atoms with Crippen LogP contribution in [0.2, 0.25) is 0 Å². The van der Waals surface area contributed by atoms with Crippen molar-refractivity contribution < 1.29 is 4.79 Å². The van der Waals surface area contributed by atoms with Gasteiger partial charge in [0.2, 0.25) is 5.91 Å². The van der Waals surface area contributed by atoms with Gasteiger partial charge in [-0.05, 0) is 50.9 Å². The zero-order chi connectivity index (χ0) is 16.9. The molecule has 2 heterocycles. The number of aromatic nitrogens is 2. The molecule has 0 radical (unpaired) electrons. The second kappa shape index (κ2) is 7.79. The van der Waals surface area contributed by atoms with Crippen molar-refractivity contribution in [2.45, 2.75) is 45.1 Å². The zero-order valence-corrected chi connectivity index (χ0v) is 14.8. The lowest BCUT2D eigenvalue weighted by Gasteiger charge is -2.25. The molecule has 5 heteroatoms. The summed E-state index contributed by atoms with van der Waals surface area (Å²) >= 11 is 0. The molecule has 1 N–H and O–H groups in total. The number of likely N-dealkylation sites (tertiary alicyclic amines) is 1. The van der Waals surface area contributed by atoms with Crippen LogP contribution in [-0.2, 0) is 18.3 Å². The van der Waals surface area contributed by atoms with Crippen molar-refractivity contribution in [2.24, 2.45) is 7.05 Å². The van der Waals surface area contributed by atoms with Crippen LogP contribution in [0.3, 0.4) is 0 Å². The predicted molar refractivity (Wildman–Crippen MR) is 96.9 cm³/mol. The van der Waals surface area contributed by atoms with Crippen molar-refractivity contribution in [3.8, 4) is 0 Å². The molecule has 0 unspecified atom stereocenters. The Labute approximate surface area is 144 Å². The van der Waals surface area contributed by atoms with Crippen molar-refractivity contribution in [1.82, 2.24) is 19.8 Å². The second-order valence-electron chi connectivity index (χ2n) is 6.64. The van der Waals surface area contributed by atoms with E-state index in [4.69, 9.17) is 0 Å². The summed E-state index contributed by atoms with van der Waals surface area (Å²) in [5, 5.41) is 3.12. The van der Waals surface area contributed by atoms with E-state index in [1.807, 2.05) is 18.2 Å². The maximum absolute atomic E-state index is 12.4. The molecule has 0 saturated carbocycles. The number of hydrogen-bond acceptors (Lipinski definition) is 3. The molecule has 5 nitrogen and oxygen atoms in total. The maximum Gasteiger partial charge on any atom is 0.237 e. The number of benzene rings is 1. The quantitative estimate of drug-likeness (QED) is 0.795. The van der Waals surface area contributed by atoms with Crippen LogP contribution in [0, 0.1) is 0 Å². The molecule has 1 aliphatic heterocycles. The lowest BCUT2D eigenvalue weighted by Crippen LogP contribution is -2.45. The third-order valence-electron chi connectivity index (χ3n) is 5.03. The van der Waals surface area contributed by atoms with Crippen LogP contribution in [0.25, 0.3) is 11.0 Å². The third kappa shape index (κ3) is 3.61. The number of amides is 1. The normalized spacial score (nSPS) is 16.6. The molecule has 0 aliphatic carbocycles. The smallest absolute Gasteiger partial charge is 0.237 e. The molecule has 1 saturated heterocycles. The summed E-state index contributed by atoms with van der Waals surface area (Å²) < 4.78 is 2.15. The van der Waals surface area contributed by atoms with Gasteiger partial charge in [-0.3, -0.25) is 9.69 Å². The summed E-state index contributed by atoms with van der Waals surface area (Å²) in [5.74, 6) is 1.27. The van der Waals surface area contributed by atoms with Gasteiger partial charge in [0, 0.05) is 20.0 Å². The van der Waals surface area contributed by atoms with Crippen molar-refractivity contribution in [1.29, 1.82) is 0 Å². The Morgan fingerprint density at radius 3 is 2.75 bits per heavy atom. The van der Waals surface area contributed by atoms with E-state index in [2.05, 4.69) is 39.8 Å². The number of hydrogen-bond donors (Lipinski definition) is 1. The van der Waals surface area contributed by atoms with Gasteiger partial charge in [0.25, 0.3) is 0 Å². The first kappa shape index (κ1) is 17.0. The first-order valence-electron chi connectivity index (χ1n) is 9.12. The maximum atomic E-state index is 12.4. The van der Waals surface area contributed by atoms with Crippen molar-refractivity contribution >= 4 is 16.9 Å². The van der Waals surface area contributed by atoms with Gasteiger partial charge in [-0.25, -0.2) is 4.98 Å².